The number of amides is 2. The fourth-order valence-electron chi connectivity index (χ4n) is 3.04. The lowest BCUT2D eigenvalue weighted by molar-refractivity contribution is -0.137. The van der Waals surface area contributed by atoms with Gasteiger partial charge in [-0.2, -0.15) is 0 Å². The molecule has 0 spiro atoms. The Balaban J connectivity index is 1.55. The van der Waals surface area contributed by atoms with Gasteiger partial charge in [0.05, 0.1) is 10.9 Å². The Kier molecular flexibility index (Phi) is 6.55. The van der Waals surface area contributed by atoms with Crippen LogP contribution in [0.15, 0.2) is 30.3 Å². The molecule has 1 aliphatic heterocycles. The highest BCUT2D eigenvalue weighted by molar-refractivity contribution is 7.99. The van der Waals surface area contributed by atoms with E-state index in [0.717, 1.165) is 22.0 Å². The molecule has 1 aromatic carbocycles. The minimum absolute atomic E-state index is 0.0828. The summed E-state index contributed by atoms with van der Waals surface area (Å²) in [4.78, 5) is 33.7. The highest BCUT2D eigenvalue weighted by Crippen LogP contribution is 2.31. The quantitative estimate of drug-likeness (QED) is 0.768. The fourth-order valence-corrected chi connectivity index (χ4v) is 5.24. The Bertz CT molecular complexity index is 799. The van der Waals surface area contributed by atoms with Crippen LogP contribution >= 0.6 is 23.1 Å². The van der Waals surface area contributed by atoms with Crippen LogP contribution in [0.4, 0.5) is 0 Å². The van der Waals surface area contributed by atoms with Gasteiger partial charge in [0, 0.05) is 49.3 Å². The zero-order valence-corrected chi connectivity index (χ0v) is 17.6. The van der Waals surface area contributed by atoms with E-state index in [1.165, 1.54) is 4.88 Å². The number of hydrogen-bond acceptors (Lipinski definition) is 5. The first kappa shape index (κ1) is 19.9. The molecule has 3 rings (SSSR count). The number of aryl methyl sites for hydroxylation is 1. The Morgan fingerprint density at radius 2 is 1.78 bits per heavy atom. The van der Waals surface area contributed by atoms with Gasteiger partial charge in [0.1, 0.15) is 5.01 Å². The molecule has 2 heterocycles. The minimum Gasteiger partial charge on any atom is -0.339 e. The number of carbonyl (C=O) groups excluding carboxylic acids is 2. The maximum Gasteiger partial charge on any atom is 0.235 e. The van der Waals surface area contributed by atoms with Crippen LogP contribution in [0.25, 0.3) is 10.6 Å². The predicted octanol–water partition coefficient (Wildman–Crippen LogP) is 3.43. The summed E-state index contributed by atoms with van der Waals surface area (Å²) in [6.45, 7) is 8.10. The molecule has 1 atom stereocenters. The molecule has 144 valence electrons. The van der Waals surface area contributed by atoms with Crippen molar-refractivity contribution in [2.45, 2.75) is 31.8 Å². The molecule has 1 saturated heterocycles. The van der Waals surface area contributed by atoms with Gasteiger partial charge < -0.3 is 9.80 Å². The van der Waals surface area contributed by atoms with E-state index in [4.69, 9.17) is 4.98 Å². The highest BCUT2D eigenvalue weighted by Gasteiger charge is 2.26. The van der Waals surface area contributed by atoms with Crippen LogP contribution in [0, 0.1) is 6.92 Å². The van der Waals surface area contributed by atoms with E-state index in [0.29, 0.717) is 26.2 Å². The molecule has 0 bridgehead atoms. The second-order valence-corrected chi connectivity index (χ2v) is 9.09. The van der Waals surface area contributed by atoms with Gasteiger partial charge in [-0.25, -0.2) is 4.98 Å². The third-order valence-corrected chi connectivity index (χ3v) is 7.31. The third kappa shape index (κ3) is 4.90. The molecule has 0 N–H and O–H groups in total. The Hall–Kier alpha value is -1.86. The summed E-state index contributed by atoms with van der Waals surface area (Å²) in [7, 11) is 0. The van der Waals surface area contributed by atoms with Gasteiger partial charge in [-0.1, -0.05) is 30.3 Å². The summed E-state index contributed by atoms with van der Waals surface area (Å²) in [5.74, 6) is 1.03. The monoisotopic (exact) mass is 403 g/mol. The number of aromatic nitrogens is 1. The number of hydrogen-bond donors (Lipinski definition) is 0. The van der Waals surface area contributed by atoms with Gasteiger partial charge in [0.2, 0.25) is 11.8 Å². The van der Waals surface area contributed by atoms with E-state index in [-0.39, 0.29) is 17.1 Å². The van der Waals surface area contributed by atoms with Gasteiger partial charge in [0.15, 0.2) is 0 Å². The van der Waals surface area contributed by atoms with Crippen molar-refractivity contribution < 1.29 is 9.59 Å². The second kappa shape index (κ2) is 8.89. The second-order valence-electron chi connectivity index (χ2n) is 6.68. The number of thiazole rings is 1. The highest BCUT2D eigenvalue weighted by atomic mass is 32.2. The van der Waals surface area contributed by atoms with Gasteiger partial charge in [-0.15, -0.1) is 23.1 Å². The maximum atomic E-state index is 12.7. The Morgan fingerprint density at radius 1 is 1.15 bits per heavy atom. The maximum absolute atomic E-state index is 12.7. The van der Waals surface area contributed by atoms with Gasteiger partial charge >= 0.3 is 0 Å². The third-order valence-electron chi connectivity index (χ3n) is 4.76. The minimum atomic E-state index is -0.101. The molecular weight excluding hydrogens is 378 g/mol. The molecule has 2 amide bonds. The number of rotatable bonds is 5. The summed E-state index contributed by atoms with van der Waals surface area (Å²) >= 11 is 3.36. The van der Waals surface area contributed by atoms with Crippen molar-refractivity contribution >= 4 is 34.9 Å². The molecular formula is C20H25N3O2S2. The largest absolute Gasteiger partial charge is 0.339 e. The zero-order valence-electron chi connectivity index (χ0n) is 16.0. The average molecular weight is 404 g/mol. The predicted molar refractivity (Wildman–Crippen MR) is 112 cm³/mol. The van der Waals surface area contributed by atoms with Crippen molar-refractivity contribution in [3.8, 4) is 10.6 Å². The molecule has 7 heteroatoms. The van der Waals surface area contributed by atoms with Crippen molar-refractivity contribution in [2.75, 3.05) is 26.2 Å². The summed E-state index contributed by atoms with van der Waals surface area (Å²) < 4.78 is 0. The summed E-state index contributed by atoms with van der Waals surface area (Å²) in [6, 6.07) is 10.2. The lowest BCUT2D eigenvalue weighted by Gasteiger charge is -2.35. The molecule has 2 aromatic rings. The lowest BCUT2D eigenvalue weighted by atomic mass is 10.2. The van der Waals surface area contributed by atoms with Crippen LogP contribution in [0.3, 0.4) is 0 Å². The molecule has 1 unspecified atom stereocenters. The van der Waals surface area contributed by atoms with E-state index in [1.54, 1.807) is 34.9 Å². The van der Waals surface area contributed by atoms with Crippen LogP contribution in [0.5, 0.6) is 0 Å². The lowest BCUT2D eigenvalue weighted by Crippen LogP contribution is -2.51. The molecule has 0 radical (unpaired) electrons. The SMILES string of the molecule is CC(=O)N1CCN(C(=O)C(C)SCc2sc(-c3ccccc3)nc2C)CC1. The van der Waals surface area contributed by atoms with Crippen molar-refractivity contribution in [1.82, 2.24) is 14.8 Å². The zero-order chi connectivity index (χ0) is 19.4. The van der Waals surface area contributed by atoms with Gasteiger partial charge in [-0.3, -0.25) is 9.59 Å². The van der Waals surface area contributed by atoms with E-state index in [1.807, 2.05) is 36.9 Å². The molecule has 1 aliphatic rings. The number of carbonyl (C=O) groups is 2. The number of nitrogens with zero attached hydrogens (tertiary/aromatic N) is 3. The molecule has 1 aromatic heterocycles. The molecule has 27 heavy (non-hydrogen) atoms. The van der Waals surface area contributed by atoms with E-state index >= 15 is 0 Å². The standard InChI is InChI=1S/C20H25N3O2S2/c1-14-18(27-19(21-14)17-7-5-4-6-8-17)13-26-15(2)20(25)23-11-9-22(10-12-23)16(3)24/h4-8,15H,9-13H2,1-3H3. The Labute approximate surface area is 168 Å². The molecule has 0 aliphatic carbocycles. The van der Waals surface area contributed by atoms with Crippen LogP contribution in [-0.4, -0.2) is 58.0 Å². The number of benzene rings is 1. The van der Waals surface area contributed by atoms with Crippen LogP contribution < -0.4 is 0 Å². The average Bonchev–Trinajstić information content (AvgIpc) is 3.07. The number of piperazine rings is 1. The molecule has 5 nitrogen and oxygen atoms in total. The van der Waals surface area contributed by atoms with Gasteiger partial charge in [-0.05, 0) is 13.8 Å². The number of thioether (sulfide) groups is 1. The van der Waals surface area contributed by atoms with Crippen LogP contribution in [-0.2, 0) is 15.3 Å². The first-order valence-corrected chi connectivity index (χ1v) is 11.0. The van der Waals surface area contributed by atoms with Crippen LogP contribution in [0.1, 0.15) is 24.4 Å². The topological polar surface area (TPSA) is 53.5 Å². The van der Waals surface area contributed by atoms with Crippen molar-refractivity contribution in [3.05, 3.63) is 40.9 Å². The van der Waals surface area contributed by atoms with Crippen molar-refractivity contribution in [1.29, 1.82) is 0 Å². The first-order chi connectivity index (χ1) is 13.0. The van der Waals surface area contributed by atoms with E-state index in [2.05, 4.69) is 12.1 Å². The van der Waals surface area contributed by atoms with Crippen molar-refractivity contribution in [3.63, 3.8) is 0 Å². The molecule has 0 saturated carbocycles. The van der Waals surface area contributed by atoms with E-state index in [9.17, 15) is 9.59 Å². The molecule has 1 fully saturated rings. The summed E-state index contributed by atoms with van der Waals surface area (Å²) in [5, 5.41) is 0.929. The normalized spacial score (nSPS) is 15.7. The van der Waals surface area contributed by atoms with Crippen molar-refractivity contribution in [2.24, 2.45) is 0 Å². The first-order valence-electron chi connectivity index (χ1n) is 9.13. The van der Waals surface area contributed by atoms with Crippen LogP contribution in [0.2, 0.25) is 0 Å². The summed E-state index contributed by atoms with van der Waals surface area (Å²) in [6.07, 6.45) is 0. The Morgan fingerprint density at radius 3 is 2.41 bits per heavy atom. The smallest absolute Gasteiger partial charge is 0.235 e. The van der Waals surface area contributed by atoms with Gasteiger partial charge in [0.25, 0.3) is 0 Å². The summed E-state index contributed by atoms with van der Waals surface area (Å²) in [5.41, 5.74) is 2.18. The fraction of sp³-hybridized carbons (Fsp3) is 0.450. The van der Waals surface area contributed by atoms with E-state index < -0.39 is 0 Å².